The highest BCUT2D eigenvalue weighted by atomic mass is 19.1. The van der Waals surface area contributed by atoms with Crippen LogP contribution >= 0.6 is 0 Å². The van der Waals surface area contributed by atoms with Gasteiger partial charge in [-0.3, -0.25) is 14.8 Å². The number of pyridine rings is 1. The summed E-state index contributed by atoms with van der Waals surface area (Å²) in [6.45, 7) is 1.13. The molecule has 4 rings (SSSR count). The SMILES string of the molecule is COC[C@@H](CC(=O)Cc1cc2c(cn1)C(C1CC1)=NC2)c1ccc(F)cc1. The third kappa shape index (κ3) is 4.14. The molecule has 1 fully saturated rings. The molecule has 2 aliphatic rings. The molecule has 1 aliphatic heterocycles. The number of ether oxygens (including phenoxy) is 1. The van der Waals surface area contributed by atoms with Gasteiger partial charge in [-0.2, -0.15) is 0 Å². The molecule has 1 aromatic carbocycles. The van der Waals surface area contributed by atoms with E-state index in [9.17, 15) is 9.18 Å². The van der Waals surface area contributed by atoms with E-state index in [0.717, 1.165) is 16.8 Å². The maximum atomic E-state index is 13.2. The number of hydrogen-bond donors (Lipinski definition) is 0. The van der Waals surface area contributed by atoms with Crippen LogP contribution in [0.1, 0.15) is 47.6 Å². The van der Waals surface area contributed by atoms with Crippen LogP contribution < -0.4 is 0 Å². The topological polar surface area (TPSA) is 51.5 Å². The Kier molecular flexibility index (Phi) is 5.12. The number of methoxy groups -OCH3 is 1. The molecule has 0 saturated heterocycles. The predicted molar refractivity (Wildman–Crippen MR) is 102 cm³/mol. The summed E-state index contributed by atoms with van der Waals surface area (Å²) < 4.78 is 18.4. The molecule has 2 aromatic rings. The van der Waals surface area contributed by atoms with Gasteiger partial charge >= 0.3 is 0 Å². The summed E-state index contributed by atoms with van der Waals surface area (Å²) in [6.07, 6.45) is 4.98. The van der Waals surface area contributed by atoms with Gasteiger partial charge in [0.25, 0.3) is 0 Å². The summed E-state index contributed by atoms with van der Waals surface area (Å²) in [5.74, 6) is 0.361. The van der Waals surface area contributed by atoms with Crippen molar-refractivity contribution in [2.24, 2.45) is 10.9 Å². The summed E-state index contributed by atoms with van der Waals surface area (Å²) >= 11 is 0. The molecule has 27 heavy (non-hydrogen) atoms. The molecule has 1 aliphatic carbocycles. The van der Waals surface area contributed by atoms with Crippen molar-refractivity contribution in [3.05, 3.63) is 64.7 Å². The van der Waals surface area contributed by atoms with Gasteiger partial charge in [0.15, 0.2) is 0 Å². The molecule has 1 aromatic heterocycles. The first-order chi connectivity index (χ1) is 13.1. The van der Waals surface area contributed by atoms with Crippen molar-refractivity contribution in [3.63, 3.8) is 0 Å². The van der Waals surface area contributed by atoms with E-state index in [1.54, 1.807) is 19.2 Å². The molecule has 4 nitrogen and oxygen atoms in total. The second kappa shape index (κ2) is 7.69. The van der Waals surface area contributed by atoms with Gasteiger partial charge in [0.05, 0.1) is 13.2 Å². The zero-order chi connectivity index (χ0) is 18.8. The first-order valence-corrected chi connectivity index (χ1v) is 9.42. The number of carbonyl (C=O) groups is 1. The van der Waals surface area contributed by atoms with E-state index < -0.39 is 0 Å². The van der Waals surface area contributed by atoms with E-state index in [4.69, 9.17) is 4.74 Å². The minimum Gasteiger partial charge on any atom is -0.384 e. The van der Waals surface area contributed by atoms with Gasteiger partial charge in [-0.05, 0) is 42.2 Å². The summed E-state index contributed by atoms with van der Waals surface area (Å²) in [6, 6.07) is 8.30. The molecule has 1 atom stereocenters. The molecule has 0 amide bonds. The minimum atomic E-state index is -0.281. The normalized spacial score (nSPS) is 16.7. The molecule has 5 heteroatoms. The van der Waals surface area contributed by atoms with Crippen molar-refractivity contribution in [1.82, 2.24) is 4.98 Å². The van der Waals surface area contributed by atoms with E-state index in [2.05, 4.69) is 9.98 Å². The average Bonchev–Trinajstić information content (AvgIpc) is 3.41. The summed E-state index contributed by atoms with van der Waals surface area (Å²) in [5, 5.41) is 0. The fraction of sp³-hybridized carbons (Fsp3) is 0.409. The van der Waals surface area contributed by atoms with Crippen LogP contribution in [-0.2, 0) is 22.5 Å². The second-order valence-electron chi connectivity index (χ2n) is 7.43. The lowest BCUT2D eigenvalue weighted by molar-refractivity contribution is -0.119. The minimum absolute atomic E-state index is 0.0812. The standard InChI is InChI=1S/C22H23FN2O2/c1-27-13-17(14-4-6-18(23)7-5-14)9-20(26)10-19-8-16-11-25-22(15-2-3-15)21(16)12-24-19/h4-8,12,15,17H,2-3,9-11,13H2,1H3/t17-/m1/s1. The number of ketones is 1. The quantitative estimate of drug-likeness (QED) is 0.713. The zero-order valence-corrected chi connectivity index (χ0v) is 15.5. The molecule has 1 saturated carbocycles. The Hall–Kier alpha value is -2.40. The van der Waals surface area contributed by atoms with E-state index in [1.807, 2.05) is 12.3 Å². The number of nitrogens with zero attached hydrogens (tertiary/aromatic N) is 2. The van der Waals surface area contributed by atoms with Gasteiger partial charge in [0.2, 0.25) is 0 Å². The molecular weight excluding hydrogens is 343 g/mol. The van der Waals surface area contributed by atoms with Crippen LogP contribution in [0, 0.1) is 11.7 Å². The molecule has 2 heterocycles. The van der Waals surface area contributed by atoms with Crippen LogP contribution in [0.25, 0.3) is 0 Å². The second-order valence-corrected chi connectivity index (χ2v) is 7.43. The van der Waals surface area contributed by atoms with Crippen molar-refractivity contribution >= 4 is 11.5 Å². The Bertz CT molecular complexity index is 872. The van der Waals surface area contributed by atoms with Gasteiger partial charge < -0.3 is 4.74 Å². The van der Waals surface area contributed by atoms with Crippen molar-refractivity contribution in [1.29, 1.82) is 0 Å². The third-order valence-corrected chi connectivity index (χ3v) is 5.27. The maximum absolute atomic E-state index is 13.2. The van der Waals surface area contributed by atoms with E-state index >= 15 is 0 Å². The highest BCUT2D eigenvalue weighted by Crippen LogP contribution is 2.37. The number of carbonyl (C=O) groups excluding carboxylic acids is 1. The maximum Gasteiger partial charge on any atom is 0.139 e. The highest BCUT2D eigenvalue weighted by Gasteiger charge is 2.32. The highest BCUT2D eigenvalue weighted by molar-refractivity contribution is 6.06. The molecule has 0 spiro atoms. The lowest BCUT2D eigenvalue weighted by atomic mass is 9.93. The van der Waals surface area contributed by atoms with E-state index in [0.29, 0.717) is 31.9 Å². The van der Waals surface area contributed by atoms with E-state index in [1.165, 1.54) is 36.2 Å². The Morgan fingerprint density at radius 2 is 2.07 bits per heavy atom. The van der Waals surface area contributed by atoms with Crippen molar-refractivity contribution in [3.8, 4) is 0 Å². The number of hydrogen-bond acceptors (Lipinski definition) is 4. The Balaban J connectivity index is 1.41. The first kappa shape index (κ1) is 18.0. The van der Waals surface area contributed by atoms with Gasteiger partial charge in [0.1, 0.15) is 11.6 Å². The number of benzene rings is 1. The number of aliphatic imine (C=N–C) groups is 1. The van der Waals surface area contributed by atoms with Crippen LogP contribution in [0.2, 0.25) is 0 Å². The van der Waals surface area contributed by atoms with Crippen LogP contribution in [-0.4, -0.2) is 30.2 Å². The Morgan fingerprint density at radius 3 is 2.78 bits per heavy atom. The number of halogens is 1. The lowest BCUT2D eigenvalue weighted by Gasteiger charge is -2.16. The number of aromatic nitrogens is 1. The van der Waals surface area contributed by atoms with Crippen LogP contribution in [0.4, 0.5) is 4.39 Å². The molecule has 140 valence electrons. The fourth-order valence-corrected chi connectivity index (χ4v) is 3.72. The first-order valence-electron chi connectivity index (χ1n) is 9.42. The predicted octanol–water partition coefficient (Wildman–Crippen LogP) is 3.87. The van der Waals surface area contributed by atoms with Gasteiger partial charge in [-0.15, -0.1) is 0 Å². The van der Waals surface area contributed by atoms with Crippen LogP contribution in [0.5, 0.6) is 0 Å². The summed E-state index contributed by atoms with van der Waals surface area (Å²) in [7, 11) is 1.61. The largest absolute Gasteiger partial charge is 0.384 e. The van der Waals surface area contributed by atoms with Crippen molar-refractivity contribution in [2.45, 2.75) is 38.1 Å². The average molecular weight is 366 g/mol. The lowest BCUT2D eigenvalue weighted by Crippen LogP contribution is -2.15. The van der Waals surface area contributed by atoms with Crippen molar-refractivity contribution < 1.29 is 13.9 Å². The van der Waals surface area contributed by atoms with E-state index in [-0.39, 0.29) is 17.5 Å². The zero-order valence-electron chi connectivity index (χ0n) is 15.5. The van der Waals surface area contributed by atoms with Crippen LogP contribution in [0.3, 0.4) is 0 Å². The molecule has 0 N–H and O–H groups in total. The number of Topliss-reactive ketones (excluding diaryl/α,β-unsaturated/α-hetero) is 1. The monoisotopic (exact) mass is 366 g/mol. The third-order valence-electron chi connectivity index (χ3n) is 5.27. The van der Waals surface area contributed by atoms with Gasteiger partial charge in [0, 0.05) is 55.0 Å². The Morgan fingerprint density at radius 1 is 1.30 bits per heavy atom. The summed E-state index contributed by atoms with van der Waals surface area (Å²) in [5.41, 5.74) is 5.25. The van der Waals surface area contributed by atoms with Gasteiger partial charge in [-0.25, -0.2) is 4.39 Å². The molecule has 0 bridgehead atoms. The number of rotatable bonds is 8. The molecular formula is C22H23FN2O2. The van der Waals surface area contributed by atoms with Crippen molar-refractivity contribution in [2.75, 3.05) is 13.7 Å². The molecule has 0 radical (unpaired) electrons. The van der Waals surface area contributed by atoms with Crippen LogP contribution in [0.15, 0.2) is 41.5 Å². The smallest absolute Gasteiger partial charge is 0.139 e. The fourth-order valence-electron chi connectivity index (χ4n) is 3.72. The van der Waals surface area contributed by atoms with Gasteiger partial charge in [-0.1, -0.05) is 12.1 Å². The Labute approximate surface area is 158 Å². The molecule has 0 unspecified atom stereocenters. The number of fused-ring (bicyclic) bond motifs is 1. The summed E-state index contributed by atoms with van der Waals surface area (Å²) in [4.78, 5) is 21.8.